The molecule has 1 aromatic rings. The van der Waals surface area contributed by atoms with Gasteiger partial charge in [0.05, 0.1) is 0 Å². The van der Waals surface area contributed by atoms with E-state index in [1.54, 1.807) is 0 Å². The van der Waals surface area contributed by atoms with Gasteiger partial charge in [-0.25, -0.2) is 0 Å². The summed E-state index contributed by atoms with van der Waals surface area (Å²) < 4.78 is 0. The average Bonchev–Trinajstić information content (AvgIpc) is 2.42. The summed E-state index contributed by atoms with van der Waals surface area (Å²) in [5.41, 5.74) is 0.756. The van der Waals surface area contributed by atoms with Gasteiger partial charge in [-0.1, -0.05) is 44.2 Å². The maximum atomic E-state index is 12.1. The van der Waals surface area contributed by atoms with Crippen molar-refractivity contribution in [2.75, 3.05) is 0 Å². The fourth-order valence-corrected chi connectivity index (χ4v) is 2.72. The van der Waals surface area contributed by atoms with Crippen LogP contribution in [0.1, 0.15) is 32.3 Å². The van der Waals surface area contributed by atoms with Crippen LogP contribution in [0.25, 0.3) is 0 Å². The molecule has 116 valence electrons. The molecule has 0 bridgehead atoms. The van der Waals surface area contributed by atoms with Crippen LogP contribution in [0.3, 0.4) is 0 Å². The minimum Gasteiger partial charge on any atom is -0.387 e. The van der Waals surface area contributed by atoms with E-state index in [9.17, 15) is 14.4 Å². The highest BCUT2D eigenvalue weighted by molar-refractivity contribution is 6.23. The molecule has 2 rings (SSSR count). The zero-order valence-electron chi connectivity index (χ0n) is 13.0. The molecule has 1 aliphatic rings. The van der Waals surface area contributed by atoms with Crippen LogP contribution in [-0.4, -0.2) is 17.3 Å². The third-order valence-electron chi connectivity index (χ3n) is 3.75. The van der Waals surface area contributed by atoms with Crippen molar-refractivity contribution in [3.05, 3.63) is 48.2 Å². The molecular formula is C18H21NO3. The van der Waals surface area contributed by atoms with Gasteiger partial charge in [0, 0.05) is 25.6 Å². The highest BCUT2D eigenvalue weighted by Gasteiger charge is 2.42. The predicted octanol–water partition coefficient (Wildman–Crippen LogP) is 2.43. The van der Waals surface area contributed by atoms with Crippen LogP contribution in [0.2, 0.25) is 0 Å². The predicted molar refractivity (Wildman–Crippen MR) is 83.9 cm³/mol. The first-order valence-corrected chi connectivity index (χ1v) is 7.42. The molecule has 1 aliphatic carbocycles. The van der Waals surface area contributed by atoms with Gasteiger partial charge in [-0.2, -0.15) is 0 Å². The monoisotopic (exact) mass is 299 g/mol. The molecule has 1 saturated carbocycles. The number of rotatable bonds is 5. The summed E-state index contributed by atoms with van der Waals surface area (Å²) in [5, 5.41) is 2.99. The van der Waals surface area contributed by atoms with Crippen LogP contribution in [-0.2, 0) is 20.9 Å². The van der Waals surface area contributed by atoms with E-state index in [0.29, 0.717) is 6.54 Å². The number of hydrogen-bond acceptors (Lipinski definition) is 4. The van der Waals surface area contributed by atoms with Crippen molar-refractivity contribution in [3.63, 3.8) is 0 Å². The molecule has 0 unspecified atom stereocenters. The third kappa shape index (κ3) is 4.13. The van der Waals surface area contributed by atoms with Gasteiger partial charge in [0.25, 0.3) is 0 Å². The van der Waals surface area contributed by atoms with Gasteiger partial charge >= 0.3 is 0 Å². The summed E-state index contributed by atoms with van der Waals surface area (Å²) in [6.07, 6.45) is 3.36. The second-order valence-corrected chi connectivity index (χ2v) is 6.49. The minimum atomic E-state index is -1.11. The Hall–Kier alpha value is -2.23. The Balaban J connectivity index is 1.90. The standard InChI is InChI=1S/C18H21NO3/c1-18(2)10-15(21)17(16(22)11-18)14(20)8-9-19-12-13-6-4-3-5-7-13/h3-9,17,19H,10-12H2,1-2H3. The lowest BCUT2D eigenvalue weighted by Crippen LogP contribution is -2.41. The van der Waals surface area contributed by atoms with Gasteiger partial charge in [-0.15, -0.1) is 0 Å². The van der Waals surface area contributed by atoms with Gasteiger partial charge in [-0.05, 0) is 17.1 Å². The van der Waals surface area contributed by atoms with Gasteiger partial charge in [-0.3, -0.25) is 14.4 Å². The molecule has 4 nitrogen and oxygen atoms in total. The van der Waals surface area contributed by atoms with Crippen molar-refractivity contribution < 1.29 is 14.4 Å². The van der Waals surface area contributed by atoms with Crippen LogP contribution in [0.5, 0.6) is 0 Å². The maximum Gasteiger partial charge on any atom is 0.175 e. The molecule has 0 amide bonds. The Morgan fingerprint density at radius 2 is 1.77 bits per heavy atom. The van der Waals surface area contributed by atoms with Gasteiger partial charge in [0.15, 0.2) is 17.3 Å². The topological polar surface area (TPSA) is 63.2 Å². The number of hydrogen-bond donors (Lipinski definition) is 1. The highest BCUT2D eigenvalue weighted by Crippen LogP contribution is 2.34. The summed E-state index contributed by atoms with van der Waals surface area (Å²) in [6.45, 7) is 4.34. The number of ketones is 3. The van der Waals surface area contributed by atoms with Crippen molar-refractivity contribution >= 4 is 17.3 Å². The van der Waals surface area contributed by atoms with E-state index in [-0.39, 0.29) is 29.8 Å². The maximum absolute atomic E-state index is 12.1. The molecule has 0 heterocycles. The highest BCUT2D eigenvalue weighted by atomic mass is 16.2. The van der Waals surface area contributed by atoms with Crippen molar-refractivity contribution in [2.45, 2.75) is 33.2 Å². The summed E-state index contributed by atoms with van der Waals surface area (Å²) in [7, 11) is 0. The fourth-order valence-electron chi connectivity index (χ4n) is 2.72. The molecule has 1 fully saturated rings. The van der Waals surface area contributed by atoms with E-state index in [0.717, 1.165) is 5.56 Å². The van der Waals surface area contributed by atoms with E-state index < -0.39 is 11.7 Å². The van der Waals surface area contributed by atoms with E-state index >= 15 is 0 Å². The minimum absolute atomic E-state index is 0.265. The summed E-state index contributed by atoms with van der Waals surface area (Å²) >= 11 is 0. The molecule has 0 aromatic heterocycles. The Morgan fingerprint density at radius 1 is 1.18 bits per heavy atom. The zero-order chi connectivity index (χ0) is 16.2. The number of carbonyl (C=O) groups excluding carboxylic acids is 3. The van der Waals surface area contributed by atoms with E-state index in [4.69, 9.17) is 0 Å². The number of Topliss-reactive ketones (excluding diaryl/α,β-unsaturated/α-hetero) is 2. The van der Waals surface area contributed by atoms with Gasteiger partial charge < -0.3 is 5.32 Å². The Bertz CT molecular complexity index is 582. The number of nitrogens with one attached hydrogen (secondary N) is 1. The number of carbonyl (C=O) groups is 3. The fraction of sp³-hybridized carbons (Fsp3) is 0.389. The first kappa shape index (κ1) is 16.1. The lowest BCUT2D eigenvalue weighted by atomic mass is 9.70. The van der Waals surface area contributed by atoms with Crippen molar-refractivity contribution in [1.82, 2.24) is 5.32 Å². The van der Waals surface area contributed by atoms with Crippen LogP contribution < -0.4 is 5.32 Å². The second kappa shape index (κ2) is 6.69. The Morgan fingerprint density at radius 3 is 2.36 bits per heavy atom. The number of allylic oxidation sites excluding steroid dienone is 1. The molecule has 0 aliphatic heterocycles. The average molecular weight is 299 g/mol. The largest absolute Gasteiger partial charge is 0.387 e. The molecule has 0 saturated heterocycles. The summed E-state index contributed by atoms with van der Waals surface area (Å²) in [6, 6.07) is 9.75. The van der Waals surface area contributed by atoms with Crippen molar-refractivity contribution in [2.24, 2.45) is 11.3 Å². The van der Waals surface area contributed by atoms with E-state index in [1.165, 1.54) is 12.3 Å². The molecule has 0 radical (unpaired) electrons. The van der Waals surface area contributed by atoms with E-state index in [2.05, 4.69) is 5.32 Å². The van der Waals surface area contributed by atoms with Crippen LogP contribution in [0, 0.1) is 11.3 Å². The lowest BCUT2D eigenvalue weighted by molar-refractivity contribution is -0.143. The molecule has 4 heteroatoms. The Labute approximate surface area is 130 Å². The van der Waals surface area contributed by atoms with Crippen molar-refractivity contribution in [3.8, 4) is 0 Å². The molecule has 0 atom stereocenters. The number of benzene rings is 1. The smallest absolute Gasteiger partial charge is 0.175 e. The Kier molecular flexibility index (Phi) is 4.91. The van der Waals surface area contributed by atoms with Crippen molar-refractivity contribution in [1.29, 1.82) is 0 Å². The van der Waals surface area contributed by atoms with E-state index in [1.807, 2.05) is 44.2 Å². The molecule has 1 aromatic carbocycles. The first-order chi connectivity index (χ1) is 10.4. The van der Waals surface area contributed by atoms with Gasteiger partial charge in [0.2, 0.25) is 0 Å². The first-order valence-electron chi connectivity index (χ1n) is 7.42. The summed E-state index contributed by atoms with van der Waals surface area (Å²) in [5.74, 6) is -2.06. The normalized spacial score (nSPS) is 18.6. The van der Waals surface area contributed by atoms with Crippen LogP contribution in [0.4, 0.5) is 0 Å². The summed E-state index contributed by atoms with van der Waals surface area (Å²) in [4.78, 5) is 36.1. The van der Waals surface area contributed by atoms with Crippen LogP contribution >= 0.6 is 0 Å². The molecule has 22 heavy (non-hydrogen) atoms. The molecular weight excluding hydrogens is 278 g/mol. The lowest BCUT2D eigenvalue weighted by Gasteiger charge is -2.30. The van der Waals surface area contributed by atoms with Gasteiger partial charge in [0.1, 0.15) is 5.92 Å². The third-order valence-corrected chi connectivity index (χ3v) is 3.75. The van der Waals surface area contributed by atoms with Crippen LogP contribution in [0.15, 0.2) is 42.6 Å². The second-order valence-electron chi connectivity index (χ2n) is 6.49. The molecule has 1 N–H and O–H groups in total. The molecule has 0 spiro atoms. The quantitative estimate of drug-likeness (QED) is 0.670. The SMILES string of the molecule is CC1(C)CC(=O)C(C(=O)C=CNCc2ccccc2)C(=O)C1. The zero-order valence-corrected chi connectivity index (χ0v) is 13.0.